The van der Waals surface area contributed by atoms with Crippen LogP contribution in [0.15, 0.2) is 72.2 Å². The third-order valence-corrected chi connectivity index (χ3v) is 7.47. The predicted octanol–water partition coefficient (Wildman–Crippen LogP) is 5.76. The van der Waals surface area contributed by atoms with E-state index in [1.165, 1.54) is 12.1 Å². The largest absolute Gasteiger partial charge is 0.454 e. The number of nitrogen functional groups attached to an aromatic ring is 1. The number of anilines is 3. The molecule has 6 N–H and O–H groups in total. The Balaban J connectivity index is 1.40. The first kappa shape index (κ1) is 23.7. The Hall–Kier alpha value is -4.67. The van der Waals surface area contributed by atoms with Gasteiger partial charge in [0.2, 0.25) is 6.79 Å². The number of nitrogens with zero attached hydrogens (tertiary/aromatic N) is 2. The van der Waals surface area contributed by atoms with Gasteiger partial charge < -0.3 is 26.7 Å². The highest BCUT2D eigenvalue weighted by Gasteiger charge is 2.21. The molecule has 1 aliphatic heterocycles. The Kier molecular flexibility index (Phi) is 5.82. The van der Waals surface area contributed by atoms with Gasteiger partial charge in [-0.15, -0.1) is 11.3 Å². The second-order valence-electron chi connectivity index (χ2n) is 8.69. The topological polar surface area (TPSA) is 130 Å². The fraction of sp³-hybridized carbons (Fsp3) is 0.0714. The quantitative estimate of drug-likeness (QED) is 0.267. The number of ether oxygens (including phenoxy) is 2. The van der Waals surface area contributed by atoms with Crippen LogP contribution in [0.4, 0.5) is 26.4 Å². The smallest absolute Gasteiger partial charge is 0.323 e. The van der Waals surface area contributed by atoms with Crippen LogP contribution in [-0.2, 0) is 6.54 Å². The minimum absolute atomic E-state index is 0.0380. The average Bonchev–Trinajstić information content (AvgIpc) is 3.58. The molecule has 0 fully saturated rings. The lowest BCUT2D eigenvalue weighted by Gasteiger charge is -2.22. The van der Waals surface area contributed by atoms with Crippen molar-refractivity contribution >= 4 is 44.6 Å². The number of carbonyl (C=O) groups excluding carboxylic acids is 1. The zero-order valence-electron chi connectivity index (χ0n) is 20.0. The highest BCUT2D eigenvalue weighted by Crippen LogP contribution is 2.44. The van der Waals surface area contributed by atoms with Crippen molar-refractivity contribution in [2.24, 2.45) is 11.5 Å². The number of fused-ring (bicyclic) bond motifs is 2. The van der Waals surface area contributed by atoms with E-state index < -0.39 is 11.8 Å². The van der Waals surface area contributed by atoms with Crippen molar-refractivity contribution in [3.05, 3.63) is 83.6 Å². The Bertz CT molecular complexity index is 1700. The number of urea groups is 1. The molecule has 0 atom stereocenters. The first-order valence-electron chi connectivity index (χ1n) is 11.7. The van der Waals surface area contributed by atoms with E-state index in [9.17, 15) is 9.18 Å². The van der Waals surface area contributed by atoms with Gasteiger partial charge in [0.15, 0.2) is 11.5 Å². The van der Waals surface area contributed by atoms with Gasteiger partial charge in [-0.1, -0.05) is 24.3 Å². The maximum absolute atomic E-state index is 14.7. The van der Waals surface area contributed by atoms with E-state index in [2.05, 4.69) is 4.98 Å². The molecule has 0 saturated heterocycles. The molecule has 8 nitrogen and oxygen atoms in total. The van der Waals surface area contributed by atoms with Crippen molar-refractivity contribution in [3.8, 4) is 33.8 Å². The van der Waals surface area contributed by atoms with E-state index in [1.807, 2.05) is 35.7 Å². The fourth-order valence-electron chi connectivity index (χ4n) is 4.58. The number of halogens is 1. The lowest BCUT2D eigenvalue weighted by Crippen LogP contribution is -2.32. The minimum Gasteiger partial charge on any atom is -0.454 e. The first-order chi connectivity index (χ1) is 18.4. The molecule has 0 spiro atoms. The molecule has 0 aliphatic carbocycles. The molecular formula is C28H22FN5O3S. The molecule has 38 heavy (non-hydrogen) atoms. The molecule has 6 rings (SSSR count). The van der Waals surface area contributed by atoms with E-state index in [0.717, 1.165) is 37.2 Å². The van der Waals surface area contributed by atoms with Crippen LogP contribution in [0.25, 0.3) is 32.3 Å². The summed E-state index contributed by atoms with van der Waals surface area (Å²) in [7, 11) is 0. The van der Waals surface area contributed by atoms with Crippen LogP contribution in [0.5, 0.6) is 11.5 Å². The maximum Gasteiger partial charge on any atom is 0.323 e. The summed E-state index contributed by atoms with van der Waals surface area (Å²) in [4.78, 5) is 17.9. The normalized spacial score (nSPS) is 12.2. The number of primary amides is 1. The highest BCUT2D eigenvalue weighted by molar-refractivity contribution is 7.18. The van der Waals surface area contributed by atoms with Gasteiger partial charge in [-0.2, -0.15) is 0 Å². The SMILES string of the molecule is NCc1ccc(F)c(N(C(N)=O)c2ccc(-c3csc4c(-c5ccc6c(c5)OCO6)cnc(N)c34)cc2)c1. The third kappa shape index (κ3) is 3.96. The van der Waals surface area contributed by atoms with Crippen LogP contribution in [-0.4, -0.2) is 17.8 Å². The standard InChI is InChI=1S/C28H22FN5O3S/c29-21-7-1-15(11-30)9-22(21)34(28(32)35)18-5-2-16(3-6-18)20-13-38-26-19(12-33-27(31)25(20)26)17-4-8-23-24(10-17)37-14-36-23/h1-10,12-13H,11,14,30H2,(H2,31,33)(H2,32,35). The molecule has 0 bridgehead atoms. The summed E-state index contributed by atoms with van der Waals surface area (Å²) < 4.78 is 26.6. The Morgan fingerprint density at radius 2 is 1.76 bits per heavy atom. The maximum atomic E-state index is 14.7. The zero-order valence-corrected chi connectivity index (χ0v) is 20.8. The molecule has 0 radical (unpaired) electrons. The summed E-state index contributed by atoms with van der Waals surface area (Å²) in [5.41, 5.74) is 22.4. The van der Waals surface area contributed by atoms with Crippen LogP contribution in [0.3, 0.4) is 0 Å². The van der Waals surface area contributed by atoms with Gasteiger partial charge in [0.25, 0.3) is 0 Å². The number of carbonyl (C=O) groups is 1. The number of pyridine rings is 1. The van der Waals surface area contributed by atoms with Crippen molar-refractivity contribution < 1.29 is 18.7 Å². The number of thiophene rings is 1. The average molecular weight is 528 g/mol. The van der Waals surface area contributed by atoms with Crippen molar-refractivity contribution in [1.82, 2.24) is 4.98 Å². The molecule has 190 valence electrons. The molecular weight excluding hydrogens is 505 g/mol. The van der Waals surface area contributed by atoms with Crippen LogP contribution >= 0.6 is 11.3 Å². The number of hydrogen-bond acceptors (Lipinski definition) is 7. The van der Waals surface area contributed by atoms with E-state index in [-0.39, 0.29) is 19.0 Å². The molecule has 2 aromatic heterocycles. The number of hydrogen-bond donors (Lipinski definition) is 3. The molecule has 3 aromatic carbocycles. The van der Waals surface area contributed by atoms with Gasteiger partial charge in [0.1, 0.15) is 11.6 Å². The summed E-state index contributed by atoms with van der Waals surface area (Å²) >= 11 is 1.56. The van der Waals surface area contributed by atoms with Crippen LogP contribution in [0.1, 0.15) is 5.56 Å². The molecule has 0 unspecified atom stereocenters. The zero-order chi connectivity index (χ0) is 26.4. The van der Waals surface area contributed by atoms with Crippen molar-refractivity contribution in [2.75, 3.05) is 17.4 Å². The van der Waals surface area contributed by atoms with E-state index >= 15 is 0 Å². The second kappa shape index (κ2) is 9.33. The Morgan fingerprint density at radius 1 is 1.00 bits per heavy atom. The summed E-state index contributed by atoms with van der Waals surface area (Å²) in [5, 5.41) is 2.84. The Morgan fingerprint density at radius 3 is 2.53 bits per heavy atom. The lowest BCUT2D eigenvalue weighted by atomic mass is 10.0. The number of nitrogens with two attached hydrogens (primary N) is 3. The van der Waals surface area contributed by atoms with E-state index in [1.54, 1.807) is 35.7 Å². The van der Waals surface area contributed by atoms with E-state index in [0.29, 0.717) is 28.6 Å². The Labute approximate surface area is 221 Å². The molecule has 5 aromatic rings. The molecule has 2 amide bonds. The molecule has 0 saturated carbocycles. The number of rotatable bonds is 5. The summed E-state index contributed by atoms with van der Waals surface area (Å²) in [6.45, 7) is 0.402. The number of benzene rings is 3. The van der Waals surface area contributed by atoms with E-state index in [4.69, 9.17) is 26.7 Å². The predicted molar refractivity (Wildman–Crippen MR) is 147 cm³/mol. The van der Waals surface area contributed by atoms with Crippen molar-refractivity contribution in [1.29, 1.82) is 0 Å². The second-order valence-corrected chi connectivity index (χ2v) is 9.57. The number of amides is 2. The fourth-order valence-corrected chi connectivity index (χ4v) is 5.70. The van der Waals surface area contributed by atoms with Crippen LogP contribution in [0, 0.1) is 5.82 Å². The van der Waals surface area contributed by atoms with Gasteiger partial charge in [-0.3, -0.25) is 4.90 Å². The van der Waals surface area contributed by atoms with Gasteiger partial charge in [0, 0.05) is 34.0 Å². The van der Waals surface area contributed by atoms with Crippen molar-refractivity contribution in [2.45, 2.75) is 6.54 Å². The number of aromatic nitrogens is 1. The summed E-state index contributed by atoms with van der Waals surface area (Å²) in [5.74, 6) is 1.22. The molecule has 10 heteroatoms. The molecule has 3 heterocycles. The summed E-state index contributed by atoms with van der Waals surface area (Å²) in [6, 6.07) is 16.4. The third-order valence-electron chi connectivity index (χ3n) is 6.45. The summed E-state index contributed by atoms with van der Waals surface area (Å²) in [6.07, 6.45) is 1.76. The molecule has 1 aliphatic rings. The van der Waals surface area contributed by atoms with Gasteiger partial charge in [-0.25, -0.2) is 14.2 Å². The first-order valence-corrected chi connectivity index (χ1v) is 12.6. The highest BCUT2D eigenvalue weighted by atomic mass is 32.1. The van der Waals surface area contributed by atoms with Crippen LogP contribution in [0.2, 0.25) is 0 Å². The van der Waals surface area contributed by atoms with Gasteiger partial charge in [-0.05, 0) is 58.5 Å². The van der Waals surface area contributed by atoms with Gasteiger partial charge >= 0.3 is 6.03 Å². The lowest BCUT2D eigenvalue weighted by molar-refractivity contribution is 0.174. The van der Waals surface area contributed by atoms with Crippen molar-refractivity contribution in [3.63, 3.8) is 0 Å². The minimum atomic E-state index is -0.811. The van der Waals surface area contributed by atoms with Gasteiger partial charge in [0.05, 0.1) is 11.4 Å². The monoisotopic (exact) mass is 527 g/mol. The van der Waals surface area contributed by atoms with Crippen LogP contribution < -0.4 is 31.6 Å².